The number of aryl methyl sites for hydroxylation is 3. The molecule has 31 heavy (non-hydrogen) atoms. The van der Waals surface area contributed by atoms with Gasteiger partial charge in [0, 0.05) is 11.3 Å². The van der Waals surface area contributed by atoms with Crippen LogP contribution in [0.4, 0.5) is 5.69 Å². The van der Waals surface area contributed by atoms with Gasteiger partial charge in [-0.15, -0.1) is 0 Å². The molecule has 0 unspecified atom stereocenters. The molecule has 4 rings (SSSR count). The van der Waals surface area contributed by atoms with Gasteiger partial charge in [0.1, 0.15) is 11.3 Å². The maximum absolute atomic E-state index is 12.5. The molecule has 1 aromatic heterocycles. The van der Waals surface area contributed by atoms with E-state index in [4.69, 9.17) is 9.15 Å². The molecular formula is C26H26N2O3. The molecule has 5 heteroatoms. The van der Waals surface area contributed by atoms with E-state index >= 15 is 0 Å². The molecule has 0 fully saturated rings. The summed E-state index contributed by atoms with van der Waals surface area (Å²) >= 11 is 0. The predicted octanol–water partition coefficient (Wildman–Crippen LogP) is 6.00. The lowest BCUT2D eigenvalue weighted by molar-refractivity contribution is -0.118. The van der Waals surface area contributed by atoms with Gasteiger partial charge in [-0.25, -0.2) is 4.98 Å². The number of amides is 1. The van der Waals surface area contributed by atoms with E-state index < -0.39 is 0 Å². The molecule has 0 aliphatic rings. The number of ether oxygens (including phenoxy) is 1. The van der Waals surface area contributed by atoms with Crippen molar-refractivity contribution in [3.63, 3.8) is 0 Å². The van der Waals surface area contributed by atoms with E-state index in [2.05, 4.69) is 23.3 Å². The monoisotopic (exact) mass is 414 g/mol. The number of benzene rings is 3. The average molecular weight is 415 g/mol. The Morgan fingerprint density at radius 2 is 1.84 bits per heavy atom. The first kappa shape index (κ1) is 20.7. The Balaban J connectivity index is 1.51. The first-order valence-corrected chi connectivity index (χ1v) is 10.4. The lowest BCUT2D eigenvalue weighted by Gasteiger charge is -2.12. The van der Waals surface area contributed by atoms with Crippen molar-refractivity contribution in [1.29, 1.82) is 0 Å². The number of fused-ring (bicyclic) bond motifs is 1. The summed E-state index contributed by atoms with van der Waals surface area (Å²) in [6.45, 7) is 8.05. The zero-order chi connectivity index (χ0) is 22.0. The summed E-state index contributed by atoms with van der Waals surface area (Å²) in [5.41, 5.74) is 7.51. The number of carbonyl (C=O) groups is 1. The third-order valence-electron chi connectivity index (χ3n) is 5.36. The highest BCUT2D eigenvalue weighted by Crippen LogP contribution is 2.32. The fourth-order valence-corrected chi connectivity index (χ4v) is 3.65. The molecule has 0 aliphatic heterocycles. The van der Waals surface area contributed by atoms with E-state index in [9.17, 15) is 4.79 Å². The first-order valence-electron chi connectivity index (χ1n) is 10.4. The summed E-state index contributed by atoms with van der Waals surface area (Å²) in [5, 5.41) is 2.93. The summed E-state index contributed by atoms with van der Waals surface area (Å²) in [4.78, 5) is 17.1. The van der Waals surface area contributed by atoms with Gasteiger partial charge in [0.2, 0.25) is 5.89 Å². The summed E-state index contributed by atoms with van der Waals surface area (Å²) in [6.07, 6.45) is 0.968. The second-order valence-corrected chi connectivity index (χ2v) is 7.76. The lowest BCUT2D eigenvalue weighted by atomic mass is 10.1. The van der Waals surface area contributed by atoms with Crippen LogP contribution in [0.2, 0.25) is 0 Å². The largest absolute Gasteiger partial charge is 0.484 e. The summed E-state index contributed by atoms with van der Waals surface area (Å²) in [6, 6.07) is 17.6. The molecule has 3 aromatic carbocycles. The number of hydrogen-bond donors (Lipinski definition) is 1. The number of nitrogens with zero attached hydrogens (tertiary/aromatic N) is 1. The van der Waals surface area contributed by atoms with Gasteiger partial charge < -0.3 is 14.5 Å². The van der Waals surface area contributed by atoms with Crippen LogP contribution in [0.3, 0.4) is 0 Å². The molecule has 0 bridgehead atoms. The van der Waals surface area contributed by atoms with Gasteiger partial charge in [0.15, 0.2) is 12.2 Å². The van der Waals surface area contributed by atoms with Gasteiger partial charge in [-0.05, 0) is 79.8 Å². The SMILES string of the molecule is CCc1ccc(OCC(=O)Nc2cccc(-c3nc4cc(C)cc(C)c4o3)c2C)cc1. The van der Waals surface area contributed by atoms with Crippen LogP contribution in [0, 0.1) is 20.8 Å². The van der Waals surface area contributed by atoms with Crippen LogP contribution >= 0.6 is 0 Å². The number of carbonyl (C=O) groups excluding carboxylic acids is 1. The van der Waals surface area contributed by atoms with Gasteiger partial charge in [-0.1, -0.05) is 31.2 Å². The fourth-order valence-electron chi connectivity index (χ4n) is 3.65. The highest BCUT2D eigenvalue weighted by atomic mass is 16.5. The van der Waals surface area contributed by atoms with E-state index in [1.54, 1.807) is 0 Å². The Bertz CT molecular complexity index is 1240. The predicted molar refractivity (Wildman–Crippen MR) is 124 cm³/mol. The molecule has 1 amide bonds. The second kappa shape index (κ2) is 8.64. The van der Waals surface area contributed by atoms with E-state index in [0.717, 1.165) is 39.8 Å². The van der Waals surface area contributed by atoms with E-state index in [1.807, 2.05) is 69.3 Å². The van der Waals surface area contributed by atoms with E-state index in [-0.39, 0.29) is 12.5 Å². The number of hydrogen-bond acceptors (Lipinski definition) is 4. The molecule has 5 nitrogen and oxygen atoms in total. The average Bonchev–Trinajstić information content (AvgIpc) is 3.18. The molecule has 4 aromatic rings. The number of rotatable bonds is 6. The minimum atomic E-state index is -0.219. The molecular weight excluding hydrogens is 388 g/mol. The fraction of sp³-hybridized carbons (Fsp3) is 0.231. The number of anilines is 1. The Kier molecular flexibility index (Phi) is 5.76. The van der Waals surface area contributed by atoms with Gasteiger partial charge in [-0.2, -0.15) is 0 Å². The third kappa shape index (κ3) is 4.45. The summed E-state index contributed by atoms with van der Waals surface area (Å²) < 4.78 is 11.7. The smallest absolute Gasteiger partial charge is 0.262 e. The van der Waals surface area contributed by atoms with Crippen molar-refractivity contribution in [3.8, 4) is 17.2 Å². The maximum Gasteiger partial charge on any atom is 0.262 e. The Morgan fingerprint density at radius 1 is 1.06 bits per heavy atom. The molecule has 1 heterocycles. The van der Waals surface area contributed by atoms with Gasteiger partial charge in [-0.3, -0.25) is 4.79 Å². The third-order valence-corrected chi connectivity index (χ3v) is 5.36. The Morgan fingerprint density at radius 3 is 2.58 bits per heavy atom. The lowest BCUT2D eigenvalue weighted by Crippen LogP contribution is -2.20. The van der Waals surface area contributed by atoms with Crippen molar-refractivity contribution < 1.29 is 13.9 Å². The van der Waals surface area contributed by atoms with Crippen LogP contribution < -0.4 is 10.1 Å². The summed E-state index contributed by atoms with van der Waals surface area (Å²) in [5.74, 6) is 1.00. The first-order chi connectivity index (χ1) is 14.9. The van der Waals surface area contributed by atoms with Crippen molar-refractivity contribution in [1.82, 2.24) is 4.98 Å². The van der Waals surface area contributed by atoms with Gasteiger partial charge in [0.25, 0.3) is 5.91 Å². The molecule has 1 N–H and O–H groups in total. The van der Waals surface area contributed by atoms with Crippen LogP contribution in [0.25, 0.3) is 22.6 Å². The Hall–Kier alpha value is -3.60. The van der Waals surface area contributed by atoms with Crippen LogP contribution in [-0.4, -0.2) is 17.5 Å². The highest BCUT2D eigenvalue weighted by molar-refractivity contribution is 5.93. The number of aromatic nitrogens is 1. The van der Waals surface area contributed by atoms with Crippen LogP contribution in [0.5, 0.6) is 5.75 Å². The van der Waals surface area contributed by atoms with Crippen molar-refractivity contribution >= 4 is 22.7 Å². The van der Waals surface area contributed by atoms with Gasteiger partial charge in [0.05, 0.1) is 0 Å². The molecule has 0 saturated carbocycles. The van der Waals surface area contributed by atoms with E-state index in [0.29, 0.717) is 17.3 Å². The van der Waals surface area contributed by atoms with Crippen LogP contribution in [0.15, 0.2) is 59.0 Å². The topological polar surface area (TPSA) is 64.4 Å². The minimum Gasteiger partial charge on any atom is -0.484 e. The number of nitrogens with one attached hydrogen (secondary N) is 1. The highest BCUT2D eigenvalue weighted by Gasteiger charge is 2.15. The quantitative estimate of drug-likeness (QED) is 0.420. The zero-order valence-electron chi connectivity index (χ0n) is 18.3. The molecule has 0 aliphatic carbocycles. The zero-order valence-corrected chi connectivity index (χ0v) is 18.3. The molecule has 0 radical (unpaired) electrons. The molecule has 0 atom stereocenters. The van der Waals surface area contributed by atoms with Crippen molar-refractivity contribution in [3.05, 3.63) is 76.9 Å². The van der Waals surface area contributed by atoms with Crippen LogP contribution in [0.1, 0.15) is 29.2 Å². The molecule has 158 valence electrons. The Labute approximate surface area is 182 Å². The maximum atomic E-state index is 12.5. The van der Waals surface area contributed by atoms with E-state index in [1.165, 1.54) is 5.56 Å². The minimum absolute atomic E-state index is 0.0590. The van der Waals surface area contributed by atoms with Crippen molar-refractivity contribution in [2.45, 2.75) is 34.1 Å². The van der Waals surface area contributed by atoms with Gasteiger partial charge >= 0.3 is 0 Å². The normalized spacial score (nSPS) is 11.0. The standard InChI is InChI=1S/C26H26N2O3/c1-5-19-9-11-20(12-10-19)30-15-24(29)27-22-8-6-7-21(18(22)4)26-28-23-14-16(2)13-17(3)25(23)31-26/h6-14H,5,15H2,1-4H3,(H,27,29). The van der Waals surface area contributed by atoms with Crippen molar-refractivity contribution in [2.75, 3.05) is 11.9 Å². The van der Waals surface area contributed by atoms with Crippen LogP contribution in [-0.2, 0) is 11.2 Å². The van der Waals surface area contributed by atoms with Crippen molar-refractivity contribution in [2.24, 2.45) is 0 Å². The molecule has 0 spiro atoms. The molecule has 0 saturated heterocycles. The number of oxazole rings is 1. The summed E-state index contributed by atoms with van der Waals surface area (Å²) in [7, 11) is 0. The second-order valence-electron chi connectivity index (χ2n) is 7.76.